The van der Waals surface area contributed by atoms with E-state index in [1.165, 1.54) is 0 Å². The number of fused-ring (bicyclic) bond motifs is 1. The molecule has 1 saturated heterocycles. The first kappa shape index (κ1) is 8.48. The van der Waals surface area contributed by atoms with Gasteiger partial charge in [-0.2, -0.15) is 0 Å². The van der Waals surface area contributed by atoms with Crippen LogP contribution in [0.2, 0.25) is 0 Å². The Morgan fingerprint density at radius 3 is 2.67 bits per heavy atom. The Kier molecular flexibility index (Phi) is 2.10. The Morgan fingerprint density at radius 2 is 2.00 bits per heavy atom. The molecule has 1 aliphatic carbocycles. The number of hydrogen-bond acceptors (Lipinski definition) is 3. The average molecular weight is 172 g/mol. The molecule has 0 aromatic heterocycles. The summed E-state index contributed by atoms with van der Waals surface area (Å²) in [6.45, 7) is 2.13. The maximum Gasteiger partial charge on any atom is 0.161 e. The van der Waals surface area contributed by atoms with E-state index in [0.717, 1.165) is 19.3 Å². The predicted octanol–water partition coefficient (Wildman–Crippen LogP) is 0.706. The van der Waals surface area contributed by atoms with Crippen molar-refractivity contribution in [3.63, 3.8) is 0 Å². The van der Waals surface area contributed by atoms with Crippen LogP contribution in [0.5, 0.6) is 0 Å². The third-order valence-electron chi connectivity index (χ3n) is 3.41. The summed E-state index contributed by atoms with van der Waals surface area (Å²) in [4.78, 5) is 0. The smallest absolute Gasteiger partial charge is 0.161 e. The SMILES string of the molecule is CCC1CCC2C(O)OC(O)C12. The molecule has 1 aliphatic heterocycles. The molecule has 0 aromatic carbocycles. The molecule has 2 aliphatic rings. The molecule has 0 radical (unpaired) electrons. The molecule has 0 bridgehead atoms. The highest BCUT2D eigenvalue weighted by Crippen LogP contribution is 2.47. The zero-order valence-electron chi connectivity index (χ0n) is 7.31. The molecule has 2 rings (SSSR count). The van der Waals surface area contributed by atoms with Crippen molar-refractivity contribution in [3.05, 3.63) is 0 Å². The van der Waals surface area contributed by atoms with Crippen LogP contribution in [0.4, 0.5) is 0 Å². The van der Waals surface area contributed by atoms with Crippen molar-refractivity contribution in [2.24, 2.45) is 17.8 Å². The highest BCUT2D eigenvalue weighted by Gasteiger charge is 2.49. The van der Waals surface area contributed by atoms with Crippen LogP contribution in [0.15, 0.2) is 0 Å². The zero-order valence-corrected chi connectivity index (χ0v) is 7.31. The van der Waals surface area contributed by atoms with Gasteiger partial charge in [0.25, 0.3) is 0 Å². The van der Waals surface area contributed by atoms with Gasteiger partial charge in [-0.1, -0.05) is 13.3 Å². The lowest BCUT2D eigenvalue weighted by molar-refractivity contribution is -0.178. The maximum atomic E-state index is 9.49. The van der Waals surface area contributed by atoms with Gasteiger partial charge in [0.05, 0.1) is 0 Å². The first-order valence-corrected chi connectivity index (χ1v) is 4.75. The van der Waals surface area contributed by atoms with Crippen LogP contribution in [0.1, 0.15) is 26.2 Å². The second-order valence-electron chi connectivity index (χ2n) is 3.90. The molecule has 3 heteroatoms. The summed E-state index contributed by atoms with van der Waals surface area (Å²) in [7, 11) is 0. The lowest BCUT2D eigenvalue weighted by Crippen LogP contribution is -2.22. The monoisotopic (exact) mass is 172 g/mol. The predicted molar refractivity (Wildman–Crippen MR) is 43.1 cm³/mol. The highest BCUT2D eigenvalue weighted by molar-refractivity contribution is 4.91. The molecular weight excluding hydrogens is 156 g/mol. The van der Waals surface area contributed by atoms with Crippen LogP contribution in [0.3, 0.4) is 0 Å². The standard InChI is InChI=1S/C9H16O3/c1-2-5-3-4-6-7(5)9(11)12-8(6)10/h5-11H,2-4H2,1H3. The minimum atomic E-state index is -0.725. The fourth-order valence-corrected chi connectivity index (χ4v) is 2.73. The summed E-state index contributed by atoms with van der Waals surface area (Å²) >= 11 is 0. The van der Waals surface area contributed by atoms with E-state index in [1.54, 1.807) is 0 Å². The van der Waals surface area contributed by atoms with Gasteiger partial charge in [-0.3, -0.25) is 0 Å². The minimum Gasteiger partial charge on any atom is -0.368 e. The Morgan fingerprint density at radius 1 is 1.25 bits per heavy atom. The third kappa shape index (κ3) is 1.08. The Bertz CT molecular complexity index is 171. The van der Waals surface area contributed by atoms with Gasteiger partial charge in [-0.15, -0.1) is 0 Å². The first-order chi connectivity index (χ1) is 5.74. The van der Waals surface area contributed by atoms with Gasteiger partial charge in [0, 0.05) is 11.8 Å². The van der Waals surface area contributed by atoms with E-state index >= 15 is 0 Å². The Labute approximate surface area is 72.3 Å². The molecule has 1 saturated carbocycles. The highest BCUT2D eigenvalue weighted by atomic mass is 16.7. The fourth-order valence-electron chi connectivity index (χ4n) is 2.73. The number of hydrogen-bond donors (Lipinski definition) is 2. The van der Waals surface area contributed by atoms with Crippen LogP contribution in [0, 0.1) is 17.8 Å². The minimum absolute atomic E-state index is 0.185. The second kappa shape index (κ2) is 2.98. The lowest BCUT2D eigenvalue weighted by atomic mass is 9.89. The molecule has 5 atom stereocenters. The average Bonchev–Trinajstić information content (AvgIpc) is 2.55. The molecule has 70 valence electrons. The van der Waals surface area contributed by atoms with E-state index in [-0.39, 0.29) is 11.8 Å². The number of aliphatic hydroxyl groups is 2. The maximum absolute atomic E-state index is 9.49. The van der Waals surface area contributed by atoms with Gasteiger partial charge in [-0.25, -0.2) is 0 Å². The van der Waals surface area contributed by atoms with E-state index in [2.05, 4.69) is 6.92 Å². The van der Waals surface area contributed by atoms with Gasteiger partial charge in [-0.05, 0) is 18.8 Å². The van der Waals surface area contributed by atoms with Crippen molar-refractivity contribution < 1.29 is 14.9 Å². The van der Waals surface area contributed by atoms with Gasteiger partial charge in [0.1, 0.15) is 0 Å². The molecule has 1 heterocycles. The molecule has 0 spiro atoms. The van der Waals surface area contributed by atoms with Gasteiger partial charge >= 0.3 is 0 Å². The molecule has 12 heavy (non-hydrogen) atoms. The van der Waals surface area contributed by atoms with E-state index in [0.29, 0.717) is 5.92 Å². The zero-order chi connectivity index (χ0) is 8.72. The van der Waals surface area contributed by atoms with Crippen LogP contribution >= 0.6 is 0 Å². The van der Waals surface area contributed by atoms with Crippen LogP contribution in [0.25, 0.3) is 0 Å². The molecule has 2 N–H and O–H groups in total. The van der Waals surface area contributed by atoms with Crippen molar-refractivity contribution in [1.29, 1.82) is 0 Å². The van der Waals surface area contributed by atoms with Crippen molar-refractivity contribution in [1.82, 2.24) is 0 Å². The summed E-state index contributed by atoms with van der Waals surface area (Å²) < 4.78 is 4.97. The third-order valence-corrected chi connectivity index (χ3v) is 3.41. The van der Waals surface area contributed by atoms with E-state index in [9.17, 15) is 10.2 Å². The van der Waals surface area contributed by atoms with Gasteiger partial charge in [0.15, 0.2) is 12.6 Å². The fraction of sp³-hybridized carbons (Fsp3) is 1.00. The van der Waals surface area contributed by atoms with Crippen molar-refractivity contribution in [2.75, 3.05) is 0 Å². The Balaban J connectivity index is 2.11. The van der Waals surface area contributed by atoms with E-state index in [1.807, 2.05) is 0 Å². The van der Waals surface area contributed by atoms with E-state index in [4.69, 9.17) is 4.74 Å². The van der Waals surface area contributed by atoms with Crippen LogP contribution in [-0.4, -0.2) is 22.8 Å². The quantitative estimate of drug-likeness (QED) is 0.612. The summed E-state index contributed by atoms with van der Waals surface area (Å²) in [5.74, 6) is 0.914. The molecule has 0 aromatic rings. The number of rotatable bonds is 1. The molecule has 3 nitrogen and oxygen atoms in total. The van der Waals surface area contributed by atoms with Crippen LogP contribution in [-0.2, 0) is 4.74 Å². The molecule has 0 amide bonds. The largest absolute Gasteiger partial charge is 0.368 e. The van der Waals surface area contributed by atoms with Crippen molar-refractivity contribution in [3.8, 4) is 0 Å². The summed E-state index contributed by atoms with van der Waals surface area (Å²) in [5, 5.41) is 18.9. The lowest BCUT2D eigenvalue weighted by Gasteiger charge is -2.18. The topological polar surface area (TPSA) is 49.7 Å². The van der Waals surface area contributed by atoms with Crippen molar-refractivity contribution in [2.45, 2.75) is 38.8 Å². The molecular formula is C9H16O3. The molecule has 2 fully saturated rings. The summed E-state index contributed by atoms with van der Waals surface area (Å²) in [6.07, 6.45) is 1.76. The summed E-state index contributed by atoms with van der Waals surface area (Å²) in [6, 6.07) is 0. The van der Waals surface area contributed by atoms with Gasteiger partial charge < -0.3 is 14.9 Å². The second-order valence-corrected chi connectivity index (χ2v) is 3.90. The van der Waals surface area contributed by atoms with E-state index < -0.39 is 12.6 Å². The molecule has 5 unspecified atom stereocenters. The van der Waals surface area contributed by atoms with Crippen molar-refractivity contribution >= 4 is 0 Å². The summed E-state index contributed by atoms with van der Waals surface area (Å²) in [5.41, 5.74) is 0. The van der Waals surface area contributed by atoms with Crippen LogP contribution < -0.4 is 0 Å². The Hall–Kier alpha value is -0.120. The number of ether oxygens (including phenoxy) is 1. The van der Waals surface area contributed by atoms with Gasteiger partial charge in [0.2, 0.25) is 0 Å². The first-order valence-electron chi connectivity index (χ1n) is 4.75. The number of aliphatic hydroxyl groups excluding tert-OH is 2. The normalized spacial score (nSPS) is 52.8.